The predicted octanol–water partition coefficient (Wildman–Crippen LogP) is 8.20. The molecule has 0 aliphatic carbocycles. The van der Waals surface area contributed by atoms with Crippen LogP contribution in [0.5, 0.6) is 0 Å². The molecule has 4 aromatic carbocycles. The van der Waals surface area contributed by atoms with Crippen molar-refractivity contribution in [3.63, 3.8) is 0 Å². The molecule has 0 N–H and O–H groups in total. The Bertz CT molecular complexity index is 1380. The zero-order chi connectivity index (χ0) is 24.0. The van der Waals surface area contributed by atoms with Crippen LogP contribution < -0.4 is 4.90 Å². The summed E-state index contributed by atoms with van der Waals surface area (Å²) < 4.78 is 8.91. The number of benzene rings is 4. The molecule has 0 spiro atoms. The van der Waals surface area contributed by atoms with Crippen molar-refractivity contribution in [3.8, 4) is 0 Å². The third-order valence-electron chi connectivity index (χ3n) is 6.50. The first kappa shape index (κ1) is 22.5. The van der Waals surface area contributed by atoms with Gasteiger partial charge in [0.25, 0.3) is 0 Å². The average molecular weight is 590 g/mol. The van der Waals surface area contributed by atoms with Gasteiger partial charge >= 0.3 is 0 Å². The van der Waals surface area contributed by atoms with Crippen molar-refractivity contribution in [2.24, 2.45) is 5.11 Å². The maximum Gasteiger partial charge on any atom is 0.225 e. The molecule has 174 valence electrons. The number of fused-ring (bicyclic) bond motifs is 1. The van der Waals surface area contributed by atoms with Crippen molar-refractivity contribution in [2.75, 3.05) is 4.90 Å². The number of nitrogens with zero attached hydrogens (tertiary/aromatic N) is 4. The molecule has 0 radical (unpaired) electrons. The molecule has 0 saturated carbocycles. The Morgan fingerprint density at radius 1 is 0.771 bits per heavy atom. The molecule has 6 rings (SSSR count). The average Bonchev–Trinajstić information content (AvgIpc) is 3.35. The Kier molecular flexibility index (Phi) is 5.51. The van der Waals surface area contributed by atoms with Gasteiger partial charge in [-0.25, -0.2) is 0 Å². The molecule has 0 aromatic heterocycles. The van der Waals surface area contributed by atoms with Crippen LogP contribution in [0.2, 0.25) is 0 Å². The summed E-state index contributed by atoms with van der Waals surface area (Å²) in [5.74, 6) is 0. The second-order valence-corrected chi connectivity index (χ2v) is 10.4. The highest BCUT2D eigenvalue weighted by molar-refractivity contribution is 9.10. The van der Waals surface area contributed by atoms with E-state index in [1.807, 2.05) is 72.8 Å². The van der Waals surface area contributed by atoms with Crippen molar-refractivity contribution in [1.82, 2.24) is 0 Å². The van der Waals surface area contributed by atoms with Crippen LogP contribution in [0.15, 0.2) is 123 Å². The van der Waals surface area contributed by atoms with Gasteiger partial charge in [-0.05, 0) is 54.4 Å². The van der Waals surface area contributed by atoms with Crippen molar-refractivity contribution < 1.29 is 9.54 Å². The molecule has 3 atom stereocenters. The SMILES string of the molecule is C[C@@H]1O[C@@]2(c3ccccc3)N=[N+](c3ccc(Br)cc3)[N-][C@@]2(c2ccccc2)N1c1ccc(Br)cc1. The minimum atomic E-state index is -1.10. The molecular weight excluding hydrogens is 568 g/mol. The first-order chi connectivity index (χ1) is 17.0. The number of ether oxygens (including phenoxy) is 1. The van der Waals surface area contributed by atoms with Gasteiger partial charge in [-0.3, -0.25) is 0 Å². The molecule has 7 heteroatoms. The lowest BCUT2D eigenvalue weighted by Crippen LogP contribution is -2.51. The monoisotopic (exact) mass is 588 g/mol. The van der Waals surface area contributed by atoms with Crippen LogP contribution in [0.3, 0.4) is 0 Å². The van der Waals surface area contributed by atoms with E-state index in [2.05, 4.69) is 80.1 Å². The molecule has 1 saturated heterocycles. The summed E-state index contributed by atoms with van der Waals surface area (Å²) in [6.07, 6.45) is -0.295. The molecule has 0 amide bonds. The number of azo groups is 1. The normalized spacial score (nSPS) is 25.2. The van der Waals surface area contributed by atoms with Gasteiger partial charge in [-0.2, -0.15) is 10.5 Å². The lowest BCUT2D eigenvalue weighted by atomic mass is 9.83. The fourth-order valence-electron chi connectivity index (χ4n) is 5.05. The van der Waals surface area contributed by atoms with E-state index in [1.165, 1.54) is 0 Å². The van der Waals surface area contributed by atoms with Gasteiger partial charge in [0.15, 0.2) is 11.4 Å². The molecular formula is C28H22Br2N4O. The van der Waals surface area contributed by atoms with Crippen molar-refractivity contribution in [3.05, 3.63) is 135 Å². The van der Waals surface area contributed by atoms with E-state index in [1.54, 1.807) is 4.81 Å². The number of rotatable bonds is 4. The standard InChI is InChI=1S/C28H22Br2N4O/c1-20-33(25-16-12-23(29)13-17-25)27(21-8-4-2-5-9-21)28(35-20,22-10-6-3-7-11-22)32-34(31-27)26-18-14-24(30)15-19-26/h2-20H,1H3/t20-,27-,28+/m0/s1. The Labute approximate surface area is 221 Å². The molecule has 0 bridgehead atoms. The maximum absolute atomic E-state index is 6.89. The maximum atomic E-state index is 6.89. The summed E-state index contributed by atoms with van der Waals surface area (Å²) in [5.41, 5.74) is 7.10. The largest absolute Gasteiger partial charge is 0.340 e. The van der Waals surface area contributed by atoms with Crippen LogP contribution in [-0.2, 0) is 16.1 Å². The Morgan fingerprint density at radius 2 is 1.31 bits per heavy atom. The minimum Gasteiger partial charge on any atom is -0.340 e. The van der Waals surface area contributed by atoms with Crippen LogP contribution in [0, 0.1) is 0 Å². The van der Waals surface area contributed by atoms with Crippen LogP contribution in [0.25, 0.3) is 5.43 Å². The van der Waals surface area contributed by atoms with Gasteiger partial charge in [0, 0.05) is 26.8 Å². The van der Waals surface area contributed by atoms with E-state index in [0.29, 0.717) is 0 Å². The van der Waals surface area contributed by atoms with Gasteiger partial charge in [0.1, 0.15) is 6.23 Å². The number of halogens is 2. The quantitative estimate of drug-likeness (QED) is 0.225. The fraction of sp³-hybridized carbons (Fsp3) is 0.143. The number of anilines is 1. The smallest absolute Gasteiger partial charge is 0.225 e. The van der Waals surface area contributed by atoms with Gasteiger partial charge in [-0.1, -0.05) is 92.5 Å². The first-order valence-corrected chi connectivity index (χ1v) is 13.0. The van der Waals surface area contributed by atoms with Crippen LogP contribution in [0.4, 0.5) is 11.4 Å². The van der Waals surface area contributed by atoms with Crippen LogP contribution in [-0.4, -0.2) is 11.0 Å². The topological polar surface area (TPSA) is 41.9 Å². The van der Waals surface area contributed by atoms with Gasteiger partial charge in [-0.15, -0.1) is 4.81 Å². The summed E-state index contributed by atoms with van der Waals surface area (Å²) in [7, 11) is 0. The zero-order valence-electron chi connectivity index (χ0n) is 18.9. The second kappa shape index (κ2) is 8.59. The summed E-state index contributed by atoms with van der Waals surface area (Å²) in [4.78, 5) is 3.97. The summed E-state index contributed by atoms with van der Waals surface area (Å²) in [6.45, 7) is 2.06. The third-order valence-corrected chi connectivity index (χ3v) is 7.56. The van der Waals surface area contributed by atoms with E-state index in [-0.39, 0.29) is 6.23 Å². The highest BCUT2D eigenvalue weighted by atomic mass is 79.9. The number of hydrogen-bond acceptors (Lipinski definition) is 3. The van der Waals surface area contributed by atoms with E-state index < -0.39 is 11.4 Å². The highest BCUT2D eigenvalue weighted by Crippen LogP contribution is 2.63. The molecule has 1 fully saturated rings. The lowest BCUT2D eigenvalue weighted by Gasteiger charge is -2.44. The van der Waals surface area contributed by atoms with Crippen molar-refractivity contribution in [2.45, 2.75) is 24.5 Å². The summed E-state index contributed by atoms with van der Waals surface area (Å²) in [6, 6.07) is 36.8. The van der Waals surface area contributed by atoms with Gasteiger partial charge < -0.3 is 9.64 Å². The molecule has 4 aromatic rings. The molecule has 35 heavy (non-hydrogen) atoms. The van der Waals surface area contributed by atoms with E-state index in [0.717, 1.165) is 31.4 Å². The Balaban J connectivity index is 1.65. The zero-order valence-corrected chi connectivity index (χ0v) is 22.1. The molecule has 2 aliphatic rings. The van der Waals surface area contributed by atoms with E-state index in [9.17, 15) is 0 Å². The Morgan fingerprint density at radius 3 is 1.91 bits per heavy atom. The first-order valence-electron chi connectivity index (χ1n) is 11.4. The molecule has 2 aliphatic heterocycles. The van der Waals surface area contributed by atoms with Crippen molar-refractivity contribution >= 4 is 43.2 Å². The summed E-state index contributed by atoms with van der Waals surface area (Å²) >= 11 is 7.11. The van der Waals surface area contributed by atoms with E-state index >= 15 is 0 Å². The third kappa shape index (κ3) is 3.44. The van der Waals surface area contributed by atoms with Crippen molar-refractivity contribution in [1.29, 1.82) is 0 Å². The Hall–Kier alpha value is -3.00. The van der Waals surface area contributed by atoms with Gasteiger partial charge in [0.2, 0.25) is 5.69 Å². The molecule has 0 unspecified atom stereocenters. The molecule has 5 nitrogen and oxygen atoms in total. The second-order valence-electron chi connectivity index (χ2n) is 8.58. The van der Waals surface area contributed by atoms with E-state index in [4.69, 9.17) is 15.3 Å². The highest BCUT2D eigenvalue weighted by Gasteiger charge is 2.67. The van der Waals surface area contributed by atoms with Crippen LogP contribution >= 0.6 is 31.9 Å². The van der Waals surface area contributed by atoms with Crippen LogP contribution in [0.1, 0.15) is 18.1 Å². The minimum absolute atomic E-state index is 0.295. The number of hydrogen-bond donors (Lipinski definition) is 0. The summed E-state index contributed by atoms with van der Waals surface area (Å²) in [5, 5.41) is 5.22. The lowest BCUT2D eigenvalue weighted by molar-refractivity contribution is -0.462. The predicted molar refractivity (Wildman–Crippen MR) is 143 cm³/mol. The molecule has 2 heterocycles. The van der Waals surface area contributed by atoms with Gasteiger partial charge in [0.05, 0.1) is 0 Å². The fourth-order valence-corrected chi connectivity index (χ4v) is 5.58.